The van der Waals surface area contributed by atoms with Crippen LogP contribution in [-0.4, -0.2) is 44.4 Å². The maximum absolute atomic E-state index is 11.5. The van der Waals surface area contributed by atoms with Crippen molar-refractivity contribution in [2.45, 2.75) is 33.6 Å². The lowest BCUT2D eigenvalue weighted by Gasteiger charge is -2.23. The second kappa shape index (κ2) is 8.18. The standard InChI is InChI=1S/C12H25N3O5S/c1-12(2,3)7-9(10(16)17)8-15-11(18)14-5-4-6-21(13,19)20/h9H,4-8H2,1-3H3,(H,16,17)(H2,13,19,20)(H2,14,15,18). The van der Waals surface area contributed by atoms with Crippen molar-refractivity contribution < 1.29 is 23.1 Å². The third-order valence-electron chi connectivity index (χ3n) is 2.61. The number of nitrogens with one attached hydrogen (secondary N) is 2. The van der Waals surface area contributed by atoms with E-state index in [1.807, 2.05) is 20.8 Å². The minimum Gasteiger partial charge on any atom is -0.481 e. The Balaban J connectivity index is 4.06. The summed E-state index contributed by atoms with van der Waals surface area (Å²) >= 11 is 0. The van der Waals surface area contributed by atoms with Crippen LogP contribution >= 0.6 is 0 Å². The van der Waals surface area contributed by atoms with Gasteiger partial charge in [-0.3, -0.25) is 4.79 Å². The van der Waals surface area contributed by atoms with Crippen LogP contribution in [0.15, 0.2) is 0 Å². The highest BCUT2D eigenvalue weighted by atomic mass is 32.2. The molecule has 0 aromatic heterocycles. The van der Waals surface area contributed by atoms with Crippen molar-refractivity contribution in [3.8, 4) is 0 Å². The van der Waals surface area contributed by atoms with Crippen LogP contribution in [0.2, 0.25) is 0 Å². The van der Waals surface area contributed by atoms with E-state index in [-0.39, 0.29) is 30.7 Å². The van der Waals surface area contributed by atoms with E-state index in [2.05, 4.69) is 10.6 Å². The fraction of sp³-hybridized carbons (Fsp3) is 0.833. The van der Waals surface area contributed by atoms with Gasteiger partial charge in [0.05, 0.1) is 11.7 Å². The molecule has 124 valence electrons. The van der Waals surface area contributed by atoms with E-state index in [0.717, 1.165) is 0 Å². The Bertz CT molecular complexity index is 456. The molecule has 21 heavy (non-hydrogen) atoms. The number of rotatable bonds is 8. The summed E-state index contributed by atoms with van der Waals surface area (Å²) < 4.78 is 21.4. The Morgan fingerprint density at radius 2 is 1.81 bits per heavy atom. The van der Waals surface area contributed by atoms with E-state index in [9.17, 15) is 18.0 Å². The van der Waals surface area contributed by atoms with Crippen molar-refractivity contribution >= 4 is 22.0 Å². The molecule has 2 amide bonds. The first-order valence-corrected chi connectivity index (χ1v) is 8.37. The van der Waals surface area contributed by atoms with Crippen LogP contribution in [0.1, 0.15) is 33.6 Å². The van der Waals surface area contributed by atoms with Crippen LogP contribution in [-0.2, 0) is 14.8 Å². The molecule has 9 heteroatoms. The summed E-state index contributed by atoms with van der Waals surface area (Å²) in [5.74, 6) is -1.84. The summed E-state index contributed by atoms with van der Waals surface area (Å²) in [7, 11) is -3.53. The van der Waals surface area contributed by atoms with E-state index >= 15 is 0 Å². The number of hydrogen-bond donors (Lipinski definition) is 4. The Labute approximate surface area is 125 Å². The number of hydrogen-bond acceptors (Lipinski definition) is 4. The van der Waals surface area contributed by atoms with Gasteiger partial charge >= 0.3 is 12.0 Å². The zero-order valence-corrected chi connectivity index (χ0v) is 13.5. The molecule has 0 bridgehead atoms. The third-order valence-corrected chi connectivity index (χ3v) is 3.47. The molecule has 0 spiro atoms. The number of carboxylic acids is 1. The predicted octanol–water partition coefficient (Wildman–Crippen LogP) is 0.101. The normalized spacial score (nSPS) is 13.5. The van der Waals surface area contributed by atoms with Crippen LogP contribution in [0.3, 0.4) is 0 Å². The van der Waals surface area contributed by atoms with Crippen molar-refractivity contribution in [3.05, 3.63) is 0 Å². The van der Waals surface area contributed by atoms with Gasteiger partial charge in [0, 0.05) is 13.1 Å². The summed E-state index contributed by atoms with van der Waals surface area (Å²) in [6.07, 6.45) is 0.643. The molecule has 0 aliphatic carbocycles. The Morgan fingerprint density at radius 3 is 2.24 bits per heavy atom. The van der Waals surface area contributed by atoms with Gasteiger partial charge in [-0.15, -0.1) is 0 Å². The van der Waals surface area contributed by atoms with E-state index < -0.39 is 27.9 Å². The number of amides is 2. The highest BCUT2D eigenvalue weighted by Gasteiger charge is 2.24. The SMILES string of the molecule is CC(C)(C)CC(CNC(=O)NCCCS(N)(=O)=O)C(=O)O. The highest BCUT2D eigenvalue weighted by molar-refractivity contribution is 7.89. The number of carbonyl (C=O) groups is 2. The van der Waals surface area contributed by atoms with Gasteiger partial charge in [0.2, 0.25) is 10.0 Å². The fourth-order valence-electron chi connectivity index (χ4n) is 1.74. The molecule has 5 N–H and O–H groups in total. The van der Waals surface area contributed by atoms with E-state index in [1.54, 1.807) is 0 Å². The molecule has 0 aromatic carbocycles. The molecule has 0 heterocycles. The zero-order valence-electron chi connectivity index (χ0n) is 12.7. The molecular formula is C12H25N3O5S. The first-order chi connectivity index (χ1) is 9.41. The first-order valence-electron chi connectivity index (χ1n) is 6.66. The van der Waals surface area contributed by atoms with Gasteiger partial charge in [0.15, 0.2) is 0 Å². The molecule has 0 saturated heterocycles. The highest BCUT2D eigenvalue weighted by Crippen LogP contribution is 2.24. The second-order valence-electron chi connectivity index (χ2n) is 6.16. The maximum Gasteiger partial charge on any atom is 0.314 e. The molecule has 0 fully saturated rings. The molecular weight excluding hydrogens is 298 g/mol. The van der Waals surface area contributed by atoms with Crippen molar-refractivity contribution in [1.29, 1.82) is 0 Å². The average Bonchev–Trinajstić information content (AvgIpc) is 2.27. The van der Waals surface area contributed by atoms with Crippen LogP contribution in [0, 0.1) is 11.3 Å². The Hall–Kier alpha value is -1.35. The molecule has 1 unspecified atom stereocenters. The summed E-state index contributed by atoms with van der Waals surface area (Å²) in [5, 5.41) is 18.8. The van der Waals surface area contributed by atoms with Crippen molar-refractivity contribution in [3.63, 3.8) is 0 Å². The third kappa shape index (κ3) is 12.1. The summed E-state index contributed by atoms with van der Waals surface area (Å²) in [6.45, 7) is 5.95. The largest absolute Gasteiger partial charge is 0.481 e. The quantitative estimate of drug-likeness (QED) is 0.469. The predicted molar refractivity (Wildman–Crippen MR) is 79.2 cm³/mol. The fourth-order valence-corrected chi connectivity index (χ4v) is 2.29. The molecule has 0 saturated carbocycles. The lowest BCUT2D eigenvalue weighted by Crippen LogP contribution is -2.41. The van der Waals surface area contributed by atoms with Gasteiger partial charge in [-0.1, -0.05) is 20.8 Å². The first kappa shape index (κ1) is 19.7. The maximum atomic E-state index is 11.5. The Kier molecular flexibility index (Phi) is 7.65. The number of urea groups is 1. The van der Waals surface area contributed by atoms with Crippen molar-refractivity contribution in [1.82, 2.24) is 10.6 Å². The number of sulfonamides is 1. The zero-order chi connectivity index (χ0) is 16.7. The lowest BCUT2D eigenvalue weighted by molar-refractivity contribution is -0.142. The molecule has 0 aliphatic rings. The van der Waals surface area contributed by atoms with E-state index in [0.29, 0.717) is 6.42 Å². The second-order valence-corrected chi connectivity index (χ2v) is 7.89. The molecule has 0 aliphatic heterocycles. The van der Waals surface area contributed by atoms with Crippen molar-refractivity contribution in [2.75, 3.05) is 18.8 Å². The Morgan fingerprint density at radius 1 is 1.24 bits per heavy atom. The van der Waals surface area contributed by atoms with Crippen LogP contribution in [0.4, 0.5) is 4.79 Å². The molecule has 0 radical (unpaired) electrons. The van der Waals surface area contributed by atoms with Gasteiger partial charge in [0.25, 0.3) is 0 Å². The summed E-state index contributed by atoms with van der Waals surface area (Å²) in [6, 6.07) is -0.524. The van der Waals surface area contributed by atoms with Crippen LogP contribution < -0.4 is 15.8 Å². The monoisotopic (exact) mass is 323 g/mol. The number of nitrogens with two attached hydrogens (primary N) is 1. The molecule has 0 aromatic rings. The average molecular weight is 323 g/mol. The number of primary sulfonamides is 1. The van der Waals surface area contributed by atoms with Gasteiger partial charge in [-0.25, -0.2) is 18.4 Å². The van der Waals surface area contributed by atoms with Gasteiger partial charge in [-0.05, 0) is 18.3 Å². The molecule has 8 nitrogen and oxygen atoms in total. The van der Waals surface area contributed by atoms with Gasteiger partial charge < -0.3 is 15.7 Å². The minimum absolute atomic E-state index is 0.0215. The minimum atomic E-state index is -3.53. The molecule has 0 rings (SSSR count). The summed E-state index contributed by atoms with van der Waals surface area (Å²) in [5.41, 5.74) is -0.156. The van der Waals surface area contributed by atoms with Crippen molar-refractivity contribution in [2.24, 2.45) is 16.5 Å². The molecule has 1 atom stereocenters. The van der Waals surface area contributed by atoms with Crippen LogP contribution in [0.5, 0.6) is 0 Å². The topological polar surface area (TPSA) is 139 Å². The van der Waals surface area contributed by atoms with Crippen LogP contribution in [0.25, 0.3) is 0 Å². The van der Waals surface area contributed by atoms with Gasteiger partial charge in [-0.2, -0.15) is 0 Å². The number of carbonyl (C=O) groups excluding carboxylic acids is 1. The lowest BCUT2D eigenvalue weighted by atomic mass is 9.84. The van der Waals surface area contributed by atoms with Gasteiger partial charge in [0.1, 0.15) is 0 Å². The smallest absolute Gasteiger partial charge is 0.314 e. The number of carboxylic acid groups (broad SMARTS) is 1. The van der Waals surface area contributed by atoms with E-state index in [4.69, 9.17) is 10.2 Å². The summed E-state index contributed by atoms with van der Waals surface area (Å²) in [4.78, 5) is 22.6. The number of aliphatic carboxylic acids is 1. The van der Waals surface area contributed by atoms with E-state index in [1.165, 1.54) is 0 Å².